The number of rotatable bonds is 5. The number of benzene rings is 1. The molecular weight excluding hydrogens is 350 g/mol. The predicted molar refractivity (Wildman–Crippen MR) is 102 cm³/mol. The van der Waals surface area contributed by atoms with E-state index >= 15 is 0 Å². The Labute approximate surface area is 161 Å². The first-order chi connectivity index (χ1) is 12.1. The lowest BCUT2D eigenvalue weighted by Gasteiger charge is -2.27. The van der Waals surface area contributed by atoms with E-state index < -0.39 is 0 Å². The fourth-order valence-electron chi connectivity index (χ4n) is 4.89. The Kier molecular flexibility index (Phi) is 5.88. The SMILES string of the molecule is Cl.NC1C2CCC(C2)C1C(=O)NCc1ccc(CN2CCCC2=O)cc1. The lowest BCUT2D eigenvalue weighted by atomic mass is 9.84. The highest BCUT2D eigenvalue weighted by Crippen LogP contribution is 2.47. The van der Waals surface area contributed by atoms with Crippen molar-refractivity contribution in [2.45, 2.75) is 51.2 Å². The normalized spacial score (nSPS) is 29.7. The number of nitrogens with one attached hydrogen (secondary N) is 1. The van der Waals surface area contributed by atoms with E-state index in [1.807, 2.05) is 17.0 Å². The first-order valence-corrected chi connectivity index (χ1v) is 9.50. The average Bonchev–Trinajstić information content (AvgIpc) is 3.31. The molecule has 4 unspecified atom stereocenters. The number of amides is 2. The van der Waals surface area contributed by atoms with Crippen LogP contribution in [0.4, 0.5) is 0 Å². The molecule has 26 heavy (non-hydrogen) atoms. The molecule has 2 saturated carbocycles. The minimum absolute atomic E-state index is 0. The zero-order chi connectivity index (χ0) is 17.4. The molecule has 3 fully saturated rings. The Morgan fingerprint density at radius 1 is 1.15 bits per heavy atom. The van der Waals surface area contributed by atoms with Crippen molar-refractivity contribution in [1.29, 1.82) is 0 Å². The third-order valence-corrected chi connectivity index (χ3v) is 6.32. The van der Waals surface area contributed by atoms with Crippen molar-refractivity contribution in [3.05, 3.63) is 35.4 Å². The Hall–Kier alpha value is -1.59. The zero-order valence-electron chi connectivity index (χ0n) is 15.0. The first-order valence-electron chi connectivity index (χ1n) is 9.50. The van der Waals surface area contributed by atoms with Crippen molar-refractivity contribution >= 4 is 24.2 Å². The van der Waals surface area contributed by atoms with E-state index in [-0.39, 0.29) is 36.2 Å². The molecule has 3 aliphatic rings. The molecule has 3 N–H and O–H groups in total. The highest BCUT2D eigenvalue weighted by molar-refractivity contribution is 5.85. The molecule has 0 aromatic heterocycles. The largest absolute Gasteiger partial charge is 0.352 e. The molecule has 4 rings (SSSR count). The number of likely N-dealkylation sites (tertiary alicyclic amines) is 1. The summed E-state index contributed by atoms with van der Waals surface area (Å²) in [5.74, 6) is 1.40. The van der Waals surface area contributed by atoms with Gasteiger partial charge in [0.15, 0.2) is 0 Å². The maximum absolute atomic E-state index is 12.5. The van der Waals surface area contributed by atoms with E-state index in [0.29, 0.717) is 31.3 Å². The monoisotopic (exact) mass is 377 g/mol. The average molecular weight is 378 g/mol. The molecule has 4 atom stereocenters. The summed E-state index contributed by atoms with van der Waals surface area (Å²) in [6.45, 7) is 2.09. The van der Waals surface area contributed by atoms with Crippen molar-refractivity contribution in [1.82, 2.24) is 10.2 Å². The maximum atomic E-state index is 12.5. The summed E-state index contributed by atoms with van der Waals surface area (Å²) in [5, 5.41) is 3.07. The fourth-order valence-corrected chi connectivity index (χ4v) is 4.89. The van der Waals surface area contributed by atoms with E-state index in [4.69, 9.17) is 5.73 Å². The fraction of sp³-hybridized carbons (Fsp3) is 0.600. The molecule has 1 aromatic carbocycles. The van der Waals surface area contributed by atoms with Crippen molar-refractivity contribution in [2.24, 2.45) is 23.5 Å². The van der Waals surface area contributed by atoms with E-state index in [1.165, 1.54) is 6.42 Å². The number of hydrogen-bond acceptors (Lipinski definition) is 3. The number of halogens is 1. The second kappa shape index (κ2) is 7.97. The van der Waals surface area contributed by atoms with Gasteiger partial charge in [-0.15, -0.1) is 12.4 Å². The van der Waals surface area contributed by atoms with Crippen molar-refractivity contribution < 1.29 is 9.59 Å². The van der Waals surface area contributed by atoms with E-state index in [0.717, 1.165) is 36.9 Å². The summed E-state index contributed by atoms with van der Waals surface area (Å²) in [7, 11) is 0. The first kappa shape index (κ1) is 19.2. The van der Waals surface area contributed by atoms with Gasteiger partial charge in [-0.05, 0) is 48.6 Å². The Morgan fingerprint density at radius 2 is 1.85 bits per heavy atom. The molecule has 2 bridgehead atoms. The highest BCUT2D eigenvalue weighted by atomic mass is 35.5. The molecule has 0 spiro atoms. The third-order valence-electron chi connectivity index (χ3n) is 6.32. The minimum Gasteiger partial charge on any atom is -0.352 e. The Balaban J connectivity index is 0.00000196. The molecule has 6 heteroatoms. The highest BCUT2D eigenvalue weighted by Gasteiger charge is 2.48. The van der Waals surface area contributed by atoms with Crippen LogP contribution in [0, 0.1) is 17.8 Å². The number of carbonyl (C=O) groups is 2. The van der Waals surface area contributed by atoms with Crippen LogP contribution in [0.1, 0.15) is 43.2 Å². The van der Waals surface area contributed by atoms with Crippen LogP contribution >= 0.6 is 12.4 Å². The smallest absolute Gasteiger partial charge is 0.225 e. The van der Waals surface area contributed by atoms with Gasteiger partial charge in [0.1, 0.15) is 0 Å². The van der Waals surface area contributed by atoms with Gasteiger partial charge in [-0.1, -0.05) is 24.3 Å². The van der Waals surface area contributed by atoms with Crippen molar-refractivity contribution in [2.75, 3.05) is 6.54 Å². The van der Waals surface area contributed by atoms with Gasteiger partial charge in [-0.3, -0.25) is 9.59 Å². The summed E-state index contributed by atoms with van der Waals surface area (Å²) >= 11 is 0. The number of carbonyl (C=O) groups excluding carboxylic acids is 2. The van der Waals surface area contributed by atoms with Crippen LogP contribution in [-0.4, -0.2) is 29.3 Å². The molecule has 5 nitrogen and oxygen atoms in total. The van der Waals surface area contributed by atoms with Crippen LogP contribution in [0.15, 0.2) is 24.3 Å². The van der Waals surface area contributed by atoms with Crippen LogP contribution in [0.5, 0.6) is 0 Å². The van der Waals surface area contributed by atoms with Crippen LogP contribution in [0.3, 0.4) is 0 Å². The number of nitrogens with zero attached hydrogens (tertiary/aromatic N) is 1. The van der Waals surface area contributed by atoms with E-state index in [1.54, 1.807) is 0 Å². The Morgan fingerprint density at radius 3 is 2.46 bits per heavy atom. The molecule has 2 aliphatic carbocycles. The van der Waals surface area contributed by atoms with Gasteiger partial charge >= 0.3 is 0 Å². The van der Waals surface area contributed by atoms with E-state index in [2.05, 4.69) is 17.4 Å². The number of nitrogens with two attached hydrogens (primary N) is 1. The summed E-state index contributed by atoms with van der Waals surface area (Å²) in [6.07, 6.45) is 5.11. The molecule has 142 valence electrons. The maximum Gasteiger partial charge on any atom is 0.225 e. The van der Waals surface area contributed by atoms with Crippen LogP contribution < -0.4 is 11.1 Å². The quantitative estimate of drug-likeness (QED) is 0.826. The molecular formula is C20H28ClN3O2. The summed E-state index contributed by atoms with van der Waals surface area (Å²) in [5.41, 5.74) is 8.47. The lowest BCUT2D eigenvalue weighted by Crippen LogP contribution is -2.45. The topological polar surface area (TPSA) is 75.4 Å². The standard InChI is InChI=1S/C20H27N3O2.ClH/c21-19-16-8-7-15(10-16)18(19)20(25)22-11-13-3-5-14(6-4-13)12-23-9-1-2-17(23)24;/h3-6,15-16,18-19H,1-2,7-12,21H2,(H,22,25);1H. The molecule has 1 saturated heterocycles. The molecule has 1 heterocycles. The van der Waals surface area contributed by atoms with Gasteiger partial charge in [0, 0.05) is 32.1 Å². The third kappa shape index (κ3) is 3.74. The van der Waals surface area contributed by atoms with Crippen LogP contribution in [0.25, 0.3) is 0 Å². The number of fused-ring (bicyclic) bond motifs is 2. The molecule has 1 aromatic rings. The molecule has 0 radical (unpaired) electrons. The van der Waals surface area contributed by atoms with Gasteiger partial charge < -0.3 is 16.0 Å². The Bertz CT molecular complexity index is 662. The van der Waals surface area contributed by atoms with Crippen molar-refractivity contribution in [3.63, 3.8) is 0 Å². The van der Waals surface area contributed by atoms with Crippen molar-refractivity contribution in [3.8, 4) is 0 Å². The van der Waals surface area contributed by atoms with Gasteiger partial charge in [0.25, 0.3) is 0 Å². The van der Waals surface area contributed by atoms with Gasteiger partial charge in [-0.2, -0.15) is 0 Å². The summed E-state index contributed by atoms with van der Waals surface area (Å²) in [6, 6.07) is 8.22. The van der Waals surface area contributed by atoms with Gasteiger partial charge in [0.05, 0.1) is 5.92 Å². The van der Waals surface area contributed by atoms with E-state index in [9.17, 15) is 9.59 Å². The molecule has 2 amide bonds. The lowest BCUT2D eigenvalue weighted by molar-refractivity contribution is -0.128. The number of hydrogen-bond donors (Lipinski definition) is 2. The van der Waals surface area contributed by atoms with Gasteiger partial charge in [-0.25, -0.2) is 0 Å². The van der Waals surface area contributed by atoms with Crippen LogP contribution in [0.2, 0.25) is 0 Å². The molecule has 1 aliphatic heterocycles. The van der Waals surface area contributed by atoms with Crippen LogP contribution in [-0.2, 0) is 22.7 Å². The summed E-state index contributed by atoms with van der Waals surface area (Å²) in [4.78, 5) is 26.1. The second-order valence-electron chi connectivity index (χ2n) is 7.89. The second-order valence-corrected chi connectivity index (χ2v) is 7.89. The van der Waals surface area contributed by atoms with Gasteiger partial charge in [0.2, 0.25) is 11.8 Å². The predicted octanol–water partition coefficient (Wildman–Crippen LogP) is 2.22. The minimum atomic E-state index is -0.000739. The summed E-state index contributed by atoms with van der Waals surface area (Å²) < 4.78 is 0. The zero-order valence-corrected chi connectivity index (χ0v) is 15.8.